The van der Waals surface area contributed by atoms with Crippen LogP contribution in [-0.2, 0) is 18.4 Å². The van der Waals surface area contributed by atoms with Gasteiger partial charge in [-0.2, -0.15) is 0 Å². The minimum absolute atomic E-state index is 0.279. The van der Waals surface area contributed by atoms with Crippen molar-refractivity contribution in [3.05, 3.63) is 70.3 Å². The molecule has 2 aromatic heterocycles. The molecular formula is C31H31ClFN3O4. The Morgan fingerprint density at radius 3 is 2.67 bits per heavy atom. The van der Waals surface area contributed by atoms with E-state index in [4.69, 9.17) is 20.9 Å². The van der Waals surface area contributed by atoms with Gasteiger partial charge < -0.3 is 23.8 Å². The Balaban J connectivity index is 0.994. The highest BCUT2D eigenvalue weighted by Crippen LogP contribution is 2.46. The third-order valence-corrected chi connectivity index (χ3v) is 9.30. The number of carboxylic acid groups (broad SMARTS) is 1. The highest BCUT2D eigenvalue weighted by Gasteiger charge is 2.41. The molecule has 2 aliphatic carbocycles. The Hall–Kier alpha value is -3.36. The Bertz CT molecular complexity index is 1580. The number of halogens is 2. The first-order valence-corrected chi connectivity index (χ1v) is 14.3. The van der Waals surface area contributed by atoms with Crippen LogP contribution in [0.4, 0.5) is 10.1 Å². The number of carboxylic acids is 1. The molecule has 7 nitrogen and oxygen atoms in total. The zero-order chi connectivity index (χ0) is 27.5. The fourth-order valence-corrected chi connectivity index (χ4v) is 7.14. The Morgan fingerprint density at radius 2 is 1.98 bits per heavy atom. The minimum atomic E-state index is -0.901. The zero-order valence-electron chi connectivity index (χ0n) is 22.3. The van der Waals surface area contributed by atoms with Crippen LogP contribution in [0.5, 0.6) is 0 Å². The molecule has 4 aromatic rings. The summed E-state index contributed by atoms with van der Waals surface area (Å²) in [5, 5.41) is 14.8. The predicted molar refractivity (Wildman–Crippen MR) is 150 cm³/mol. The summed E-state index contributed by atoms with van der Waals surface area (Å²) in [5.41, 5.74) is 3.97. The van der Waals surface area contributed by atoms with E-state index >= 15 is 0 Å². The van der Waals surface area contributed by atoms with E-state index in [2.05, 4.69) is 16.1 Å². The lowest BCUT2D eigenvalue weighted by Crippen LogP contribution is -2.22. The summed E-state index contributed by atoms with van der Waals surface area (Å²) in [6.45, 7) is 2.98. The molecule has 7 rings (SSSR count). The number of anilines is 1. The van der Waals surface area contributed by atoms with Gasteiger partial charge in [-0.15, -0.1) is 0 Å². The normalized spacial score (nSPS) is 22.4. The van der Waals surface area contributed by atoms with Crippen LogP contribution in [0, 0.1) is 23.6 Å². The molecule has 2 unspecified atom stereocenters. The van der Waals surface area contributed by atoms with Crippen LogP contribution in [0.15, 0.2) is 47.1 Å². The van der Waals surface area contributed by atoms with Gasteiger partial charge >= 0.3 is 5.97 Å². The van der Waals surface area contributed by atoms with Gasteiger partial charge in [0.25, 0.3) is 0 Å². The average Bonchev–Trinajstić information content (AvgIpc) is 3.22. The first-order chi connectivity index (χ1) is 19.4. The molecule has 2 aromatic carbocycles. The van der Waals surface area contributed by atoms with Gasteiger partial charge in [0.2, 0.25) is 0 Å². The van der Waals surface area contributed by atoms with Crippen LogP contribution in [0.2, 0.25) is 5.02 Å². The van der Waals surface area contributed by atoms with E-state index < -0.39 is 11.8 Å². The molecule has 3 fully saturated rings. The maximum absolute atomic E-state index is 14.7. The molecule has 2 saturated carbocycles. The molecule has 3 heterocycles. The Labute approximate surface area is 236 Å². The summed E-state index contributed by atoms with van der Waals surface area (Å²) in [5.74, 6) is 1.52. The lowest BCUT2D eigenvalue weighted by Gasteiger charge is -2.21. The highest BCUT2D eigenvalue weighted by atomic mass is 35.5. The van der Waals surface area contributed by atoms with Crippen LogP contribution >= 0.6 is 11.6 Å². The van der Waals surface area contributed by atoms with E-state index in [0.717, 1.165) is 66.7 Å². The Morgan fingerprint density at radius 1 is 1.20 bits per heavy atom. The van der Waals surface area contributed by atoms with Gasteiger partial charge in [-0.05, 0) is 73.8 Å². The monoisotopic (exact) mass is 563 g/mol. The molecule has 0 amide bonds. The van der Waals surface area contributed by atoms with E-state index in [1.807, 2.05) is 23.7 Å². The predicted octanol–water partition coefficient (Wildman–Crippen LogP) is 6.88. The molecule has 0 spiro atoms. The lowest BCUT2D eigenvalue weighted by atomic mass is 10.0. The van der Waals surface area contributed by atoms with Crippen molar-refractivity contribution >= 4 is 34.2 Å². The number of hydrogen-bond acceptors (Lipinski definition) is 5. The number of benzene rings is 2. The van der Waals surface area contributed by atoms with Gasteiger partial charge in [-0.3, -0.25) is 0 Å². The zero-order valence-corrected chi connectivity index (χ0v) is 23.0. The number of nitrogens with zero attached hydrogens (tertiary/aromatic N) is 3. The third kappa shape index (κ3) is 4.47. The molecule has 40 heavy (non-hydrogen) atoms. The summed E-state index contributed by atoms with van der Waals surface area (Å²) in [6, 6.07) is 10.7. The van der Waals surface area contributed by atoms with E-state index in [9.17, 15) is 14.3 Å². The largest absolute Gasteiger partial charge is 0.478 e. The molecule has 1 saturated heterocycles. The average molecular weight is 564 g/mol. The number of ether oxygens (including phenoxy) is 1. The van der Waals surface area contributed by atoms with Gasteiger partial charge in [0.15, 0.2) is 0 Å². The smallest absolute Gasteiger partial charge is 0.337 e. The van der Waals surface area contributed by atoms with Crippen molar-refractivity contribution in [2.45, 2.75) is 38.2 Å². The van der Waals surface area contributed by atoms with Crippen molar-refractivity contribution in [3.8, 4) is 11.3 Å². The standard InChI is InChI=1S/C31H31ClFN3O4/c1-35-14-23(31(37)38)22-8-7-21(11-27(22)35)36-12-19-9-17(10-20(19)13-36)15-39-16-24-29(34-40-30(24)18-5-6-18)28-25(32)3-2-4-26(28)33/h2-4,7-8,11,14,17-20H,5-6,9-10,12-13,15-16H2,1H3,(H,37,38). The Kier molecular flexibility index (Phi) is 6.35. The SMILES string of the molecule is Cn1cc(C(=O)O)c2ccc(N3CC4CC(COCc5c(-c6c(F)cccc6Cl)noc5C5CC5)CC4C3)cc21. The van der Waals surface area contributed by atoms with E-state index in [0.29, 0.717) is 53.2 Å². The molecule has 1 aliphatic heterocycles. The van der Waals surface area contributed by atoms with Crippen LogP contribution in [0.3, 0.4) is 0 Å². The second-order valence-corrected chi connectivity index (χ2v) is 12.1. The fourth-order valence-electron chi connectivity index (χ4n) is 6.89. The van der Waals surface area contributed by atoms with Crippen molar-refractivity contribution in [3.63, 3.8) is 0 Å². The van der Waals surface area contributed by atoms with Crippen LogP contribution in [0.1, 0.15) is 53.3 Å². The molecule has 3 aliphatic rings. The molecule has 9 heteroatoms. The molecule has 208 valence electrons. The van der Waals surface area contributed by atoms with E-state index in [-0.39, 0.29) is 5.56 Å². The lowest BCUT2D eigenvalue weighted by molar-refractivity contribution is 0.0698. The maximum Gasteiger partial charge on any atom is 0.337 e. The third-order valence-electron chi connectivity index (χ3n) is 8.98. The maximum atomic E-state index is 14.7. The first-order valence-electron chi connectivity index (χ1n) is 13.9. The number of aryl methyl sites for hydroxylation is 1. The molecule has 2 atom stereocenters. The second kappa shape index (κ2) is 9.93. The van der Waals surface area contributed by atoms with Gasteiger partial charge in [-0.1, -0.05) is 22.8 Å². The summed E-state index contributed by atoms with van der Waals surface area (Å²) < 4.78 is 28.5. The number of carbonyl (C=O) groups is 1. The number of aromatic carboxylic acids is 1. The summed E-state index contributed by atoms with van der Waals surface area (Å²) in [6.07, 6.45) is 6.00. The van der Waals surface area contributed by atoms with Crippen molar-refractivity contribution in [2.24, 2.45) is 24.8 Å². The van der Waals surface area contributed by atoms with E-state index in [1.165, 1.54) is 6.07 Å². The molecule has 0 bridgehead atoms. The van der Waals surface area contributed by atoms with Gasteiger partial charge in [0, 0.05) is 55.5 Å². The quantitative estimate of drug-likeness (QED) is 0.252. The summed E-state index contributed by atoms with van der Waals surface area (Å²) >= 11 is 6.35. The van der Waals surface area contributed by atoms with Crippen molar-refractivity contribution in [1.29, 1.82) is 0 Å². The van der Waals surface area contributed by atoms with Crippen LogP contribution < -0.4 is 4.90 Å². The van der Waals surface area contributed by atoms with Crippen molar-refractivity contribution < 1.29 is 23.6 Å². The van der Waals surface area contributed by atoms with Gasteiger partial charge in [-0.25, -0.2) is 9.18 Å². The first kappa shape index (κ1) is 25.6. The number of rotatable bonds is 8. The second-order valence-electron chi connectivity index (χ2n) is 11.7. The highest BCUT2D eigenvalue weighted by molar-refractivity contribution is 6.33. The van der Waals surface area contributed by atoms with E-state index in [1.54, 1.807) is 18.3 Å². The summed E-state index contributed by atoms with van der Waals surface area (Å²) in [7, 11) is 1.89. The topological polar surface area (TPSA) is 80.7 Å². The van der Waals surface area contributed by atoms with Gasteiger partial charge in [0.05, 0.1) is 28.3 Å². The number of aromatic nitrogens is 2. The minimum Gasteiger partial charge on any atom is -0.478 e. The molecular weight excluding hydrogens is 533 g/mol. The number of fused-ring (bicyclic) bond motifs is 2. The molecule has 1 N–H and O–H groups in total. The van der Waals surface area contributed by atoms with Crippen molar-refractivity contribution in [2.75, 3.05) is 24.6 Å². The molecule has 0 radical (unpaired) electrons. The number of hydrogen-bond donors (Lipinski definition) is 1. The van der Waals surface area contributed by atoms with Crippen LogP contribution in [0.25, 0.3) is 22.2 Å². The fraction of sp³-hybridized carbons (Fsp3) is 0.419. The summed E-state index contributed by atoms with van der Waals surface area (Å²) in [4.78, 5) is 14.0. The van der Waals surface area contributed by atoms with Gasteiger partial charge in [0.1, 0.15) is 17.3 Å². The van der Waals surface area contributed by atoms with Crippen LogP contribution in [-0.4, -0.2) is 40.5 Å². The van der Waals surface area contributed by atoms with Crippen molar-refractivity contribution in [1.82, 2.24) is 9.72 Å².